The smallest absolute Gasteiger partial charge is 0 e. The third kappa shape index (κ3) is 10.2. The Kier molecular flexibility index (Phi) is 379. The van der Waals surface area contributed by atoms with Crippen molar-refractivity contribution in [1.82, 2.24) is 0 Å². The summed E-state index contributed by atoms with van der Waals surface area (Å²) in [5.74, 6) is 0. The predicted octanol–water partition coefficient (Wildman–Crippen LogP) is 0.250. The second kappa shape index (κ2) is 27.0. The standard InChI is InChI=1S/CH4.B.Cr.Nb/h1H4;;;. The van der Waals surface area contributed by atoms with Crippen molar-refractivity contribution in [3.05, 3.63) is 0 Å². The van der Waals surface area contributed by atoms with Crippen LogP contribution >= 0.6 is 0 Å². The zero-order chi connectivity index (χ0) is 0. The Bertz CT molecular complexity index is 8.00. The van der Waals surface area contributed by atoms with E-state index in [9.17, 15) is 0 Å². The average Bonchev–Trinajstić information content (AvgIpc) is 0. The molecule has 0 saturated carbocycles. The maximum atomic E-state index is 0. The zero-order valence-electron chi connectivity index (χ0n) is 1.43. The van der Waals surface area contributed by atoms with E-state index in [0.29, 0.717) is 0 Å². The molecule has 0 aliphatic carbocycles. The van der Waals surface area contributed by atoms with Crippen molar-refractivity contribution in [3.63, 3.8) is 0 Å². The molecule has 0 aliphatic rings. The van der Waals surface area contributed by atoms with Gasteiger partial charge in [-0.3, -0.25) is 0 Å². The summed E-state index contributed by atoms with van der Waals surface area (Å²) < 4.78 is 0. The van der Waals surface area contributed by atoms with Gasteiger partial charge in [-0.05, 0) is 0 Å². The summed E-state index contributed by atoms with van der Waals surface area (Å²) in [4.78, 5) is 0. The summed E-state index contributed by atoms with van der Waals surface area (Å²) in [5, 5.41) is 0. The third-order valence-corrected chi connectivity index (χ3v) is 0. The molecule has 4 radical (unpaired) electrons. The molecule has 0 aromatic heterocycles. The largest absolute Gasteiger partial charge is 0.0776 e. The minimum Gasteiger partial charge on any atom is -0.0776 e. The molecule has 0 saturated heterocycles. The molecule has 0 aliphatic heterocycles. The van der Waals surface area contributed by atoms with Crippen molar-refractivity contribution in [2.45, 2.75) is 7.43 Å². The monoisotopic (exact) mass is 172 g/mol. The summed E-state index contributed by atoms with van der Waals surface area (Å²) >= 11 is 0. The molecule has 0 amide bonds. The fourth-order valence-corrected chi connectivity index (χ4v) is 0. The molecule has 0 heterocycles. The van der Waals surface area contributed by atoms with Crippen LogP contribution in [-0.4, -0.2) is 8.41 Å². The van der Waals surface area contributed by atoms with E-state index in [1.165, 1.54) is 0 Å². The number of rotatable bonds is 0. The fourth-order valence-electron chi connectivity index (χ4n) is 0. The molecule has 22 valence electrons. The van der Waals surface area contributed by atoms with Crippen molar-refractivity contribution in [3.8, 4) is 0 Å². The Hall–Kier alpha value is 1.34. The van der Waals surface area contributed by atoms with E-state index in [0.717, 1.165) is 0 Å². The van der Waals surface area contributed by atoms with Gasteiger partial charge in [-0.15, -0.1) is 0 Å². The second-order valence-electron chi connectivity index (χ2n) is 0. The van der Waals surface area contributed by atoms with Gasteiger partial charge in [0.05, 0.1) is 0 Å². The van der Waals surface area contributed by atoms with E-state index in [1.54, 1.807) is 0 Å². The van der Waals surface area contributed by atoms with E-state index in [1.807, 2.05) is 0 Å². The van der Waals surface area contributed by atoms with Gasteiger partial charge in [0.2, 0.25) is 0 Å². The Morgan fingerprint density at radius 2 is 1.00 bits per heavy atom. The summed E-state index contributed by atoms with van der Waals surface area (Å²) in [7, 11) is 0. The van der Waals surface area contributed by atoms with Gasteiger partial charge in [-0.1, -0.05) is 7.43 Å². The molecule has 0 unspecified atom stereocenters. The second-order valence-corrected chi connectivity index (χ2v) is 0. The van der Waals surface area contributed by atoms with Gasteiger partial charge in [0, 0.05) is 48.2 Å². The van der Waals surface area contributed by atoms with Gasteiger partial charge in [0.1, 0.15) is 0 Å². The normalized spacial score (nSPS) is 0. The summed E-state index contributed by atoms with van der Waals surface area (Å²) in [6.07, 6.45) is 0. The molecule has 0 bridgehead atoms. The van der Waals surface area contributed by atoms with E-state index in [2.05, 4.69) is 0 Å². The van der Waals surface area contributed by atoms with Gasteiger partial charge in [0.15, 0.2) is 0 Å². The molecule has 0 N–H and O–H groups in total. The number of hydrogen-bond donors (Lipinski definition) is 0. The van der Waals surface area contributed by atoms with E-state index < -0.39 is 0 Å². The maximum Gasteiger partial charge on any atom is 0 e. The quantitative estimate of drug-likeness (QED) is 0.459. The Labute approximate surface area is 55.6 Å². The molecule has 0 aromatic rings. The Balaban J connectivity index is 0. The van der Waals surface area contributed by atoms with Crippen molar-refractivity contribution in [1.29, 1.82) is 0 Å². The minimum absolute atomic E-state index is 0. The van der Waals surface area contributed by atoms with Gasteiger partial charge in [-0.25, -0.2) is 0 Å². The van der Waals surface area contributed by atoms with Crippen molar-refractivity contribution in [2.24, 2.45) is 0 Å². The Morgan fingerprint density at radius 3 is 1.00 bits per heavy atom. The molecule has 0 atom stereocenters. The fraction of sp³-hybridized carbons (Fsp3) is 1.00. The van der Waals surface area contributed by atoms with Crippen LogP contribution in [0.4, 0.5) is 0 Å². The average molecular weight is 172 g/mol. The predicted molar refractivity (Wildman–Crippen MR) is 12.5 cm³/mol. The first kappa shape index (κ1) is 56.1. The molecule has 0 aromatic carbocycles. The van der Waals surface area contributed by atoms with Crippen molar-refractivity contribution in [2.75, 3.05) is 0 Å². The van der Waals surface area contributed by atoms with Gasteiger partial charge in [-0.2, -0.15) is 0 Å². The minimum atomic E-state index is 0. The molecule has 0 nitrogen and oxygen atoms in total. The SMILES string of the molecule is C.[B].[Cr].[Nb]. The van der Waals surface area contributed by atoms with Crippen molar-refractivity contribution < 1.29 is 39.7 Å². The van der Waals surface area contributed by atoms with Gasteiger partial charge < -0.3 is 0 Å². The van der Waals surface area contributed by atoms with Crippen molar-refractivity contribution >= 4 is 8.41 Å². The van der Waals surface area contributed by atoms with Crippen LogP contribution in [0.15, 0.2) is 0 Å². The molecule has 4 heavy (non-hydrogen) atoms. The van der Waals surface area contributed by atoms with Crippen LogP contribution in [-0.2, 0) is 39.7 Å². The van der Waals surface area contributed by atoms with E-state index >= 15 is 0 Å². The van der Waals surface area contributed by atoms with Crippen LogP contribution < -0.4 is 0 Å². The summed E-state index contributed by atoms with van der Waals surface area (Å²) in [6, 6.07) is 0. The molecular formula is CH4BCrNb. The van der Waals surface area contributed by atoms with E-state index in [-0.39, 0.29) is 55.6 Å². The van der Waals surface area contributed by atoms with Crippen LogP contribution in [0.25, 0.3) is 0 Å². The summed E-state index contributed by atoms with van der Waals surface area (Å²) in [5.41, 5.74) is 0. The van der Waals surface area contributed by atoms with Gasteiger partial charge in [0.25, 0.3) is 0 Å². The first-order chi connectivity index (χ1) is 0. The van der Waals surface area contributed by atoms with E-state index in [4.69, 9.17) is 0 Å². The maximum absolute atomic E-state index is 0. The van der Waals surface area contributed by atoms with Crippen LogP contribution in [0.2, 0.25) is 0 Å². The summed E-state index contributed by atoms with van der Waals surface area (Å²) in [6.45, 7) is 0. The van der Waals surface area contributed by atoms with Crippen LogP contribution in [0.3, 0.4) is 0 Å². The van der Waals surface area contributed by atoms with Crippen LogP contribution in [0, 0.1) is 0 Å². The van der Waals surface area contributed by atoms with Crippen LogP contribution in [0.1, 0.15) is 7.43 Å². The Morgan fingerprint density at radius 1 is 1.00 bits per heavy atom. The zero-order valence-corrected chi connectivity index (χ0v) is 4.91. The molecule has 0 fully saturated rings. The molecular weight excluding hydrogens is 168 g/mol. The topological polar surface area (TPSA) is 0 Å². The van der Waals surface area contributed by atoms with Crippen LogP contribution in [0.5, 0.6) is 0 Å². The molecule has 3 heteroatoms. The molecule has 0 rings (SSSR count). The molecule has 0 spiro atoms. The third-order valence-electron chi connectivity index (χ3n) is 0. The first-order valence-electron chi connectivity index (χ1n) is 0. The van der Waals surface area contributed by atoms with Gasteiger partial charge >= 0.3 is 0 Å². The first-order valence-corrected chi connectivity index (χ1v) is 0. The number of hydrogen-bond acceptors (Lipinski definition) is 0.